The van der Waals surface area contributed by atoms with Crippen molar-refractivity contribution in [2.75, 3.05) is 0 Å². The van der Waals surface area contributed by atoms with Gasteiger partial charge in [0.05, 0.1) is 15.5 Å². The van der Waals surface area contributed by atoms with Gasteiger partial charge < -0.3 is 5.11 Å². The molecule has 0 bridgehead atoms. The molecule has 0 amide bonds. The van der Waals surface area contributed by atoms with Crippen molar-refractivity contribution in [1.29, 1.82) is 0 Å². The molecule has 8 nitrogen and oxygen atoms in total. The first-order chi connectivity index (χ1) is 10.4. The normalized spacial score (nSPS) is 10.8. The van der Waals surface area contributed by atoms with Crippen LogP contribution >= 0.6 is 11.6 Å². The van der Waals surface area contributed by atoms with E-state index in [0.29, 0.717) is 0 Å². The Labute approximate surface area is 128 Å². The zero-order chi connectivity index (χ0) is 16.3. The minimum atomic E-state index is -0.659. The van der Waals surface area contributed by atoms with Crippen LogP contribution in [-0.2, 0) is 0 Å². The number of hydrogen-bond donors (Lipinski definition) is 0. The van der Waals surface area contributed by atoms with E-state index in [-0.39, 0.29) is 27.6 Å². The van der Waals surface area contributed by atoms with Gasteiger partial charge in [-0.25, -0.2) is 0 Å². The number of benzene rings is 2. The number of non-ortho nitro benzene ring substituents is 1. The minimum Gasteiger partial charge on any atom is -0.872 e. The van der Waals surface area contributed by atoms with Gasteiger partial charge in [0.15, 0.2) is 0 Å². The summed E-state index contributed by atoms with van der Waals surface area (Å²) in [6.07, 6.45) is 1.11. The maximum absolute atomic E-state index is 11.6. The number of nitro groups is 2. The van der Waals surface area contributed by atoms with Crippen molar-refractivity contribution in [3.05, 3.63) is 67.2 Å². The smallest absolute Gasteiger partial charge is 0.290 e. The Hall–Kier alpha value is -3.00. The standard InChI is InChI=1S/C13H8ClN3O5/c14-11-3-1-9(6-12(11)17(21)22)15-7-8-5-10(16(19)20)2-4-13(8)18/h1-7,18H/p-1. The SMILES string of the molecule is O=[N+]([O-])c1ccc([O-])c(C=Nc2ccc(Cl)c([N+](=O)[O-])c2)c1. The zero-order valence-electron chi connectivity index (χ0n) is 10.8. The van der Waals surface area contributed by atoms with Crippen LogP contribution in [0.2, 0.25) is 5.02 Å². The van der Waals surface area contributed by atoms with E-state index in [1.54, 1.807) is 0 Å². The Morgan fingerprint density at radius 2 is 1.77 bits per heavy atom. The molecule has 0 aliphatic heterocycles. The summed E-state index contributed by atoms with van der Waals surface area (Å²) in [6, 6.07) is 7.10. The highest BCUT2D eigenvalue weighted by Crippen LogP contribution is 2.29. The molecular weight excluding hydrogens is 314 g/mol. The molecule has 0 N–H and O–H groups in total. The summed E-state index contributed by atoms with van der Waals surface area (Å²) in [4.78, 5) is 24.0. The molecule has 0 atom stereocenters. The zero-order valence-corrected chi connectivity index (χ0v) is 11.6. The predicted octanol–water partition coefficient (Wildman–Crippen LogP) is 2.98. The quantitative estimate of drug-likeness (QED) is 0.487. The van der Waals surface area contributed by atoms with Crippen molar-refractivity contribution >= 4 is 34.9 Å². The van der Waals surface area contributed by atoms with Gasteiger partial charge in [0.2, 0.25) is 0 Å². The first-order valence-electron chi connectivity index (χ1n) is 5.82. The molecule has 0 aliphatic carbocycles. The van der Waals surface area contributed by atoms with E-state index in [4.69, 9.17) is 11.6 Å². The predicted molar refractivity (Wildman–Crippen MR) is 77.9 cm³/mol. The fourth-order valence-corrected chi connectivity index (χ4v) is 1.80. The van der Waals surface area contributed by atoms with E-state index in [9.17, 15) is 25.3 Å². The first kappa shape index (κ1) is 15.4. The fraction of sp³-hybridized carbons (Fsp3) is 0. The van der Waals surface area contributed by atoms with Gasteiger partial charge in [0.1, 0.15) is 5.02 Å². The number of hydrogen-bond acceptors (Lipinski definition) is 6. The molecule has 0 aliphatic rings. The molecule has 2 aromatic carbocycles. The highest BCUT2D eigenvalue weighted by molar-refractivity contribution is 6.32. The molecule has 2 rings (SSSR count). The molecule has 0 aromatic heterocycles. The molecule has 0 heterocycles. The molecule has 0 spiro atoms. The highest BCUT2D eigenvalue weighted by Gasteiger charge is 2.12. The van der Waals surface area contributed by atoms with Crippen molar-refractivity contribution in [2.45, 2.75) is 0 Å². The van der Waals surface area contributed by atoms with E-state index >= 15 is 0 Å². The molecule has 0 saturated carbocycles. The van der Waals surface area contributed by atoms with Crippen LogP contribution in [0.15, 0.2) is 41.4 Å². The Kier molecular flexibility index (Phi) is 4.33. The van der Waals surface area contributed by atoms with Gasteiger partial charge in [-0.2, -0.15) is 0 Å². The van der Waals surface area contributed by atoms with Crippen LogP contribution < -0.4 is 5.11 Å². The average molecular weight is 321 g/mol. The lowest BCUT2D eigenvalue weighted by Gasteiger charge is -2.08. The summed E-state index contributed by atoms with van der Waals surface area (Å²) >= 11 is 5.67. The van der Waals surface area contributed by atoms with Crippen molar-refractivity contribution < 1.29 is 15.0 Å². The number of rotatable bonds is 4. The van der Waals surface area contributed by atoms with E-state index < -0.39 is 15.6 Å². The number of nitrogens with zero attached hydrogens (tertiary/aromatic N) is 3. The van der Waals surface area contributed by atoms with Crippen LogP contribution in [-0.4, -0.2) is 16.1 Å². The van der Waals surface area contributed by atoms with E-state index in [1.165, 1.54) is 12.1 Å². The highest BCUT2D eigenvalue weighted by atomic mass is 35.5. The van der Waals surface area contributed by atoms with Crippen LogP contribution in [0.3, 0.4) is 0 Å². The molecule has 9 heteroatoms. The summed E-state index contributed by atoms with van der Waals surface area (Å²) in [5.74, 6) is -0.446. The second-order valence-electron chi connectivity index (χ2n) is 4.13. The molecular formula is C13H7ClN3O5-. The van der Waals surface area contributed by atoms with Crippen molar-refractivity contribution in [3.8, 4) is 5.75 Å². The molecule has 0 fully saturated rings. The minimum absolute atomic E-state index is 0.00630. The first-order valence-corrected chi connectivity index (χ1v) is 6.20. The summed E-state index contributed by atoms with van der Waals surface area (Å²) in [7, 11) is 0. The van der Waals surface area contributed by atoms with Gasteiger partial charge in [-0.05, 0) is 17.7 Å². The van der Waals surface area contributed by atoms with Gasteiger partial charge in [-0.15, -0.1) is 0 Å². The third kappa shape index (κ3) is 3.36. The topological polar surface area (TPSA) is 122 Å². The summed E-state index contributed by atoms with van der Waals surface area (Å²) in [6.45, 7) is 0. The Morgan fingerprint density at radius 3 is 2.41 bits per heavy atom. The van der Waals surface area contributed by atoms with E-state index in [1.807, 2.05) is 0 Å². The van der Waals surface area contributed by atoms with Crippen LogP contribution in [0.5, 0.6) is 5.75 Å². The van der Waals surface area contributed by atoms with E-state index in [2.05, 4.69) is 4.99 Å². The van der Waals surface area contributed by atoms with Crippen LogP contribution in [0.1, 0.15) is 5.56 Å². The molecule has 2 aromatic rings. The molecule has 0 radical (unpaired) electrons. The van der Waals surface area contributed by atoms with Crippen LogP contribution in [0, 0.1) is 20.2 Å². The lowest BCUT2D eigenvalue weighted by atomic mass is 10.2. The number of aliphatic imine (C=N–C) groups is 1. The van der Waals surface area contributed by atoms with Gasteiger partial charge in [-0.3, -0.25) is 25.2 Å². The maximum Gasteiger partial charge on any atom is 0.290 e. The van der Waals surface area contributed by atoms with Gasteiger partial charge in [0.25, 0.3) is 11.4 Å². The lowest BCUT2D eigenvalue weighted by molar-refractivity contribution is -0.385. The number of nitro benzene ring substituents is 2. The third-order valence-electron chi connectivity index (χ3n) is 2.68. The van der Waals surface area contributed by atoms with Crippen LogP contribution in [0.4, 0.5) is 17.1 Å². The van der Waals surface area contributed by atoms with Gasteiger partial charge in [-0.1, -0.05) is 23.4 Å². The average Bonchev–Trinajstić information content (AvgIpc) is 2.47. The van der Waals surface area contributed by atoms with Crippen molar-refractivity contribution in [2.24, 2.45) is 4.99 Å². The van der Waals surface area contributed by atoms with Crippen LogP contribution in [0.25, 0.3) is 0 Å². The van der Waals surface area contributed by atoms with Gasteiger partial charge in [0, 0.05) is 24.4 Å². The largest absolute Gasteiger partial charge is 0.872 e. The number of halogens is 1. The summed E-state index contributed by atoms with van der Waals surface area (Å²) in [5.41, 5.74) is -0.366. The molecule has 22 heavy (non-hydrogen) atoms. The lowest BCUT2D eigenvalue weighted by Crippen LogP contribution is -1.98. The summed E-state index contributed by atoms with van der Waals surface area (Å²) < 4.78 is 0. The van der Waals surface area contributed by atoms with Gasteiger partial charge >= 0.3 is 0 Å². The fourth-order valence-electron chi connectivity index (χ4n) is 1.62. The Bertz CT molecular complexity index is 791. The van der Waals surface area contributed by atoms with E-state index in [0.717, 1.165) is 30.5 Å². The molecule has 0 unspecified atom stereocenters. The van der Waals surface area contributed by atoms with Crippen molar-refractivity contribution in [1.82, 2.24) is 0 Å². The Balaban J connectivity index is 2.36. The molecule has 0 saturated heterocycles. The van der Waals surface area contributed by atoms with Crippen molar-refractivity contribution in [3.63, 3.8) is 0 Å². The Morgan fingerprint density at radius 1 is 1.05 bits per heavy atom. The maximum atomic E-state index is 11.6. The molecule has 112 valence electrons. The second-order valence-corrected chi connectivity index (χ2v) is 4.54. The third-order valence-corrected chi connectivity index (χ3v) is 3.00. The second kappa shape index (κ2) is 6.19. The monoisotopic (exact) mass is 320 g/mol. The summed E-state index contributed by atoms with van der Waals surface area (Å²) in [5, 5.41) is 33.0.